The molecule has 0 aliphatic rings. The van der Waals surface area contributed by atoms with Gasteiger partial charge in [-0.1, -0.05) is 0 Å². The molecule has 11 heteroatoms. The number of hydrogen-bond donors (Lipinski definition) is 1. The van der Waals surface area contributed by atoms with Gasteiger partial charge in [-0.05, 0) is 18.2 Å². The van der Waals surface area contributed by atoms with Crippen molar-refractivity contribution < 1.29 is 37.0 Å². The Morgan fingerprint density at radius 2 is 1.45 bits per heavy atom. The number of esters is 1. The fraction of sp³-hybridized carbons (Fsp3) is 0.300. The van der Waals surface area contributed by atoms with Crippen molar-refractivity contribution in [2.45, 2.75) is 4.90 Å². The molecule has 0 fully saturated rings. The molecule has 0 heterocycles. The number of rotatable bonds is 8. The van der Waals surface area contributed by atoms with Gasteiger partial charge in [0.1, 0.15) is 10.6 Å². The van der Waals surface area contributed by atoms with Gasteiger partial charge in [0, 0.05) is 31.8 Å². The summed E-state index contributed by atoms with van der Waals surface area (Å²) in [5, 5.41) is 2.59. The number of sulfonamides is 1. The van der Waals surface area contributed by atoms with E-state index in [0.29, 0.717) is 0 Å². The second-order valence-corrected chi connectivity index (χ2v) is 8.47. The zero-order chi connectivity index (χ0) is 23.3. The number of benzene rings is 2. The van der Waals surface area contributed by atoms with Crippen molar-refractivity contribution in [1.82, 2.24) is 4.31 Å². The highest BCUT2D eigenvalue weighted by atomic mass is 32.2. The van der Waals surface area contributed by atoms with Crippen molar-refractivity contribution in [3.63, 3.8) is 0 Å². The van der Waals surface area contributed by atoms with Gasteiger partial charge in [-0.3, -0.25) is 4.79 Å². The lowest BCUT2D eigenvalue weighted by molar-refractivity contribution is 0.0601. The van der Waals surface area contributed by atoms with E-state index in [9.17, 15) is 18.0 Å². The van der Waals surface area contributed by atoms with Crippen molar-refractivity contribution in [3.8, 4) is 17.2 Å². The van der Waals surface area contributed by atoms with E-state index in [0.717, 1.165) is 4.31 Å². The topological polar surface area (TPSA) is 120 Å². The van der Waals surface area contributed by atoms with Crippen LogP contribution in [0.25, 0.3) is 0 Å². The van der Waals surface area contributed by atoms with Crippen LogP contribution in [0.3, 0.4) is 0 Å². The standard InChI is InChI=1S/C20H24N2O8S/c1-22(2)31(25,26)18-9-12(7-8-15(18)27-3)19(23)21-14-11-17(29-5)16(28-4)10-13(14)20(24)30-6/h7-11H,1-6H3,(H,21,23). The quantitative estimate of drug-likeness (QED) is 0.604. The molecule has 2 aromatic rings. The molecule has 0 bridgehead atoms. The summed E-state index contributed by atoms with van der Waals surface area (Å²) >= 11 is 0. The maximum absolute atomic E-state index is 12.9. The molecule has 0 saturated carbocycles. The van der Waals surface area contributed by atoms with Gasteiger partial charge >= 0.3 is 5.97 Å². The molecule has 0 spiro atoms. The van der Waals surface area contributed by atoms with Crippen molar-refractivity contribution in [2.24, 2.45) is 0 Å². The monoisotopic (exact) mass is 452 g/mol. The molecule has 1 N–H and O–H groups in total. The van der Waals surface area contributed by atoms with Crippen LogP contribution in [-0.4, -0.2) is 67.1 Å². The largest absolute Gasteiger partial charge is 0.495 e. The molecule has 0 atom stereocenters. The first kappa shape index (κ1) is 24.0. The number of carbonyl (C=O) groups excluding carboxylic acids is 2. The van der Waals surface area contributed by atoms with Gasteiger partial charge in [-0.25, -0.2) is 17.5 Å². The number of amides is 1. The van der Waals surface area contributed by atoms with Gasteiger partial charge in [0.2, 0.25) is 10.0 Å². The van der Waals surface area contributed by atoms with Crippen LogP contribution in [0.2, 0.25) is 0 Å². The Morgan fingerprint density at radius 1 is 0.871 bits per heavy atom. The van der Waals surface area contributed by atoms with Crippen LogP contribution in [0.4, 0.5) is 5.69 Å². The lowest BCUT2D eigenvalue weighted by Crippen LogP contribution is -2.23. The molecular weight excluding hydrogens is 428 g/mol. The number of carbonyl (C=O) groups is 2. The Balaban J connectivity index is 2.54. The van der Waals surface area contributed by atoms with Gasteiger partial charge in [-0.15, -0.1) is 0 Å². The Kier molecular flexibility index (Phi) is 7.47. The first-order chi connectivity index (χ1) is 14.6. The summed E-state index contributed by atoms with van der Waals surface area (Å²) in [6.07, 6.45) is 0. The Labute approximate surface area is 180 Å². The molecule has 0 unspecified atom stereocenters. The highest BCUT2D eigenvalue weighted by molar-refractivity contribution is 7.89. The van der Waals surface area contributed by atoms with Gasteiger partial charge < -0.3 is 24.3 Å². The lowest BCUT2D eigenvalue weighted by atomic mass is 10.1. The SMILES string of the molecule is COC(=O)c1cc(OC)c(OC)cc1NC(=O)c1ccc(OC)c(S(=O)(=O)N(C)C)c1. The van der Waals surface area contributed by atoms with Crippen molar-refractivity contribution in [3.05, 3.63) is 41.5 Å². The lowest BCUT2D eigenvalue weighted by Gasteiger charge is -2.17. The van der Waals surface area contributed by atoms with Gasteiger partial charge in [-0.2, -0.15) is 0 Å². The Hall–Kier alpha value is -3.31. The van der Waals surface area contributed by atoms with Crippen LogP contribution in [0.1, 0.15) is 20.7 Å². The molecule has 0 saturated heterocycles. The fourth-order valence-electron chi connectivity index (χ4n) is 2.67. The van der Waals surface area contributed by atoms with Gasteiger partial charge in [0.05, 0.1) is 39.7 Å². The van der Waals surface area contributed by atoms with E-state index < -0.39 is 21.9 Å². The molecule has 31 heavy (non-hydrogen) atoms. The molecule has 1 amide bonds. The van der Waals surface area contributed by atoms with E-state index in [1.54, 1.807) is 0 Å². The van der Waals surface area contributed by atoms with Crippen molar-refractivity contribution in [1.29, 1.82) is 0 Å². The summed E-state index contributed by atoms with van der Waals surface area (Å²) in [6.45, 7) is 0. The minimum atomic E-state index is -3.88. The van der Waals surface area contributed by atoms with E-state index in [4.69, 9.17) is 18.9 Å². The normalized spacial score (nSPS) is 11.1. The summed E-state index contributed by atoms with van der Waals surface area (Å²) in [5.41, 5.74) is 0.164. The number of anilines is 1. The average Bonchev–Trinajstić information content (AvgIpc) is 2.77. The van der Waals surface area contributed by atoms with Crippen LogP contribution in [0, 0.1) is 0 Å². The smallest absolute Gasteiger partial charge is 0.340 e. The summed E-state index contributed by atoms with van der Waals surface area (Å²) in [5.74, 6) is -0.732. The van der Waals surface area contributed by atoms with Crippen LogP contribution >= 0.6 is 0 Å². The molecule has 0 radical (unpaired) electrons. The summed E-state index contributed by atoms with van der Waals surface area (Å²) in [7, 11) is 4.20. The van der Waals surface area contributed by atoms with E-state index in [1.165, 1.54) is 72.9 Å². The zero-order valence-electron chi connectivity index (χ0n) is 18.0. The number of methoxy groups -OCH3 is 4. The average molecular weight is 452 g/mol. The number of hydrogen-bond acceptors (Lipinski definition) is 8. The first-order valence-electron chi connectivity index (χ1n) is 8.86. The molecule has 2 aromatic carbocycles. The second-order valence-electron chi connectivity index (χ2n) is 6.35. The highest BCUT2D eigenvalue weighted by Gasteiger charge is 2.25. The van der Waals surface area contributed by atoms with Crippen LogP contribution in [0.5, 0.6) is 17.2 Å². The number of nitrogens with one attached hydrogen (secondary N) is 1. The van der Waals surface area contributed by atoms with Crippen molar-refractivity contribution in [2.75, 3.05) is 47.9 Å². The van der Waals surface area contributed by atoms with Gasteiger partial charge in [0.15, 0.2) is 11.5 Å². The van der Waals surface area contributed by atoms with Crippen LogP contribution < -0.4 is 19.5 Å². The molecule has 168 valence electrons. The predicted molar refractivity (Wildman–Crippen MR) is 113 cm³/mol. The highest BCUT2D eigenvalue weighted by Crippen LogP contribution is 2.34. The summed E-state index contributed by atoms with van der Waals surface area (Å²) in [6, 6.07) is 6.75. The molecule has 10 nitrogen and oxygen atoms in total. The van der Waals surface area contributed by atoms with Crippen LogP contribution in [-0.2, 0) is 14.8 Å². The first-order valence-corrected chi connectivity index (χ1v) is 10.3. The zero-order valence-corrected chi connectivity index (χ0v) is 18.8. The van der Waals surface area contributed by atoms with E-state index in [2.05, 4.69) is 5.32 Å². The van der Waals surface area contributed by atoms with E-state index in [1.807, 2.05) is 0 Å². The Bertz CT molecular complexity index is 1100. The molecular formula is C20H24N2O8S. The van der Waals surface area contributed by atoms with Gasteiger partial charge in [0.25, 0.3) is 5.91 Å². The molecule has 0 aliphatic carbocycles. The second kappa shape index (κ2) is 9.67. The van der Waals surface area contributed by atoms with E-state index in [-0.39, 0.29) is 39.0 Å². The summed E-state index contributed by atoms with van der Waals surface area (Å²) in [4.78, 5) is 24.9. The Morgan fingerprint density at radius 3 is 1.97 bits per heavy atom. The fourth-order valence-corrected chi connectivity index (χ4v) is 3.75. The van der Waals surface area contributed by atoms with Crippen LogP contribution in [0.15, 0.2) is 35.2 Å². The maximum Gasteiger partial charge on any atom is 0.340 e. The third kappa shape index (κ3) is 4.89. The molecule has 0 aliphatic heterocycles. The minimum absolute atomic E-state index is 0.0307. The maximum atomic E-state index is 12.9. The molecule has 0 aromatic heterocycles. The van der Waals surface area contributed by atoms with Crippen molar-refractivity contribution >= 4 is 27.6 Å². The minimum Gasteiger partial charge on any atom is -0.495 e. The van der Waals surface area contributed by atoms with E-state index >= 15 is 0 Å². The third-order valence-corrected chi connectivity index (χ3v) is 6.20. The third-order valence-electron chi connectivity index (χ3n) is 4.36. The summed E-state index contributed by atoms with van der Waals surface area (Å²) < 4.78 is 46.5. The molecule has 2 rings (SSSR count). The predicted octanol–water partition coefficient (Wildman–Crippen LogP) is 2.00. The number of ether oxygens (including phenoxy) is 4. The number of nitrogens with zero attached hydrogens (tertiary/aromatic N) is 1.